The highest BCUT2D eigenvalue weighted by Crippen LogP contribution is 2.36. The summed E-state index contributed by atoms with van der Waals surface area (Å²) >= 11 is 0. The van der Waals surface area contributed by atoms with Gasteiger partial charge in [0.1, 0.15) is 0 Å². The van der Waals surface area contributed by atoms with Gasteiger partial charge in [-0.05, 0) is 38.5 Å². The van der Waals surface area contributed by atoms with E-state index in [1.807, 2.05) is 0 Å². The molecule has 0 radical (unpaired) electrons. The summed E-state index contributed by atoms with van der Waals surface area (Å²) in [5.74, 6) is 2.11. The minimum atomic E-state index is 0.774. The summed E-state index contributed by atoms with van der Waals surface area (Å²) in [4.78, 5) is 2.67. The van der Waals surface area contributed by atoms with Crippen LogP contribution in [0.4, 0.5) is 0 Å². The fraction of sp³-hybridized carbons (Fsp3) is 1.00. The smallest absolute Gasteiger partial charge is 0.00388 e. The number of nitrogens with zero attached hydrogens (tertiary/aromatic N) is 1. The maximum absolute atomic E-state index is 2.67. The molecule has 1 heterocycles. The first-order valence-electron chi connectivity index (χ1n) is 5.51. The van der Waals surface area contributed by atoms with Gasteiger partial charge in [-0.25, -0.2) is 0 Å². The molecule has 2 rings (SSSR count). The zero-order valence-corrected chi connectivity index (χ0v) is 8.42. The third kappa shape index (κ3) is 1.52. The number of hydrogen-bond donors (Lipinski definition) is 0. The lowest BCUT2D eigenvalue weighted by Gasteiger charge is -2.23. The average molecular weight is 167 g/mol. The number of rotatable bonds is 1. The first-order valence-corrected chi connectivity index (χ1v) is 5.51. The molecule has 1 aliphatic heterocycles. The molecule has 2 fully saturated rings. The van der Waals surface area contributed by atoms with E-state index in [2.05, 4.69) is 18.7 Å². The molecule has 2 aliphatic rings. The molecule has 0 aromatic carbocycles. The van der Waals surface area contributed by atoms with Gasteiger partial charge >= 0.3 is 0 Å². The van der Waals surface area contributed by atoms with Crippen molar-refractivity contribution in [3.05, 3.63) is 0 Å². The zero-order chi connectivity index (χ0) is 8.55. The van der Waals surface area contributed by atoms with E-state index < -0.39 is 0 Å². The van der Waals surface area contributed by atoms with E-state index in [0.717, 1.165) is 17.9 Å². The molecular formula is C11H21N. The van der Waals surface area contributed by atoms with Crippen molar-refractivity contribution in [3.8, 4) is 0 Å². The van der Waals surface area contributed by atoms with Gasteiger partial charge in [0.05, 0.1) is 0 Å². The Kier molecular flexibility index (Phi) is 2.40. The van der Waals surface area contributed by atoms with Crippen LogP contribution in [-0.2, 0) is 0 Å². The molecular weight excluding hydrogens is 146 g/mol. The molecule has 0 aromatic heterocycles. The van der Waals surface area contributed by atoms with E-state index in [4.69, 9.17) is 0 Å². The Morgan fingerprint density at radius 1 is 1.00 bits per heavy atom. The van der Waals surface area contributed by atoms with Gasteiger partial charge in [-0.2, -0.15) is 0 Å². The van der Waals surface area contributed by atoms with Crippen LogP contribution < -0.4 is 0 Å². The summed E-state index contributed by atoms with van der Waals surface area (Å²) in [5.41, 5.74) is 0. The Morgan fingerprint density at radius 2 is 1.50 bits per heavy atom. The summed E-state index contributed by atoms with van der Waals surface area (Å²) < 4.78 is 0. The van der Waals surface area contributed by atoms with Crippen LogP contribution in [0, 0.1) is 11.8 Å². The quantitative estimate of drug-likeness (QED) is 0.580. The highest BCUT2D eigenvalue weighted by molar-refractivity contribution is 4.87. The Balaban J connectivity index is 1.94. The maximum atomic E-state index is 2.67. The van der Waals surface area contributed by atoms with E-state index in [1.165, 1.54) is 38.8 Å². The number of likely N-dealkylation sites (tertiary alicyclic amines) is 1. The van der Waals surface area contributed by atoms with E-state index in [-0.39, 0.29) is 0 Å². The molecule has 1 aliphatic carbocycles. The van der Waals surface area contributed by atoms with Crippen molar-refractivity contribution in [2.45, 2.75) is 45.6 Å². The summed E-state index contributed by atoms with van der Waals surface area (Å²) in [6.07, 6.45) is 6.00. The predicted molar refractivity (Wildman–Crippen MR) is 52.2 cm³/mol. The van der Waals surface area contributed by atoms with Crippen LogP contribution in [-0.4, -0.2) is 24.0 Å². The molecule has 0 N–H and O–H groups in total. The highest BCUT2D eigenvalue weighted by atomic mass is 15.2. The maximum Gasteiger partial charge on any atom is 0.00388 e. The molecule has 0 amide bonds. The molecule has 0 aromatic rings. The van der Waals surface area contributed by atoms with Crippen molar-refractivity contribution in [2.24, 2.45) is 11.8 Å². The van der Waals surface area contributed by atoms with E-state index >= 15 is 0 Å². The first kappa shape index (κ1) is 8.55. The highest BCUT2D eigenvalue weighted by Gasteiger charge is 2.34. The van der Waals surface area contributed by atoms with Crippen LogP contribution in [0.25, 0.3) is 0 Å². The Bertz CT molecular complexity index is 139. The lowest BCUT2D eigenvalue weighted by molar-refractivity contribution is 0.261. The Hall–Kier alpha value is -0.0400. The molecule has 0 spiro atoms. The van der Waals surface area contributed by atoms with Crippen molar-refractivity contribution >= 4 is 0 Å². The lowest BCUT2D eigenvalue weighted by atomic mass is 9.82. The van der Waals surface area contributed by atoms with Gasteiger partial charge in [0.2, 0.25) is 0 Å². The van der Waals surface area contributed by atoms with Crippen LogP contribution in [0.5, 0.6) is 0 Å². The van der Waals surface area contributed by atoms with Crippen molar-refractivity contribution in [1.29, 1.82) is 0 Å². The molecule has 0 bridgehead atoms. The van der Waals surface area contributed by atoms with E-state index in [1.54, 1.807) is 0 Å². The fourth-order valence-corrected chi connectivity index (χ4v) is 2.86. The topological polar surface area (TPSA) is 3.24 Å². The second-order valence-electron chi connectivity index (χ2n) is 4.85. The van der Waals surface area contributed by atoms with Crippen molar-refractivity contribution < 1.29 is 0 Å². The minimum Gasteiger partial charge on any atom is -0.300 e. The van der Waals surface area contributed by atoms with E-state index in [9.17, 15) is 0 Å². The molecule has 1 nitrogen and oxygen atoms in total. The van der Waals surface area contributed by atoms with Gasteiger partial charge in [-0.15, -0.1) is 0 Å². The van der Waals surface area contributed by atoms with Gasteiger partial charge in [0, 0.05) is 19.1 Å². The molecule has 70 valence electrons. The molecule has 0 unspecified atom stereocenters. The number of hydrogen-bond acceptors (Lipinski definition) is 1. The second kappa shape index (κ2) is 3.37. The van der Waals surface area contributed by atoms with E-state index in [0.29, 0.717) is 0 Å². The third-order valence-electron chi connectivity index (χ3n) is 3.73. The van der Waals surface area contributed by atoms with Crippen LogP contribution in [0.3, 0.4) is 0 Å². The van der Waals surface area contributed by atoms with Crippen LogP contribution in [0.1, 0.15) is 39.5 Å². The van der Waals surface area contributed by atoms with Gasteiger partial charge in [-0.3, -0.25) is 0 Å². The Morgan fingerprint density at radius 3 is 1.92 bits per heavy atom. The van der Waals surface area contributed by atoms with Gasteiger partial charge < -0.3 is 4.90 Å². The van der Waals surface area contributed by atoms with Crippen molar-refractivity contribution in [2.75, 3.05) is 13.1 Å². The average Bonchev–Trinajstić information content (AvgIpc) is 2.46. The van der Waals surface area contributed by atoms with Crippen molar-refractivity contribution in [1.82, 2.24) is 4.90 Å². The Labute approximate surface area is 76.1 Å². The SMILES string of the molecule is CC(C)N1C[C@H]2CCCC[C@H]2C1. The normalized spacial score (nSPS) is 37.2. The van der Waals surface area contributed by atoms with Crippen molar-refractivity contribution in [3.63, 3.8) is 0 Å². The molecule has 1 saturated carbocycles. The summed E-state index contributed by atoms with van der Waals surface area (Å²) in [7, 11) is 0. The standard InChI is InChI=1S/C11H21N/c1-9(2)12-7-10-5-3-4-6-11(10)8-12/h9-11H,3-8H2,1-2H3/t10-,11+. The van der Waals surface area contributed by atoms with Gasteiger partial charge in [0.25, 0.3) is 0 Å². The second-order valence-corrected chi connectivity index (χ2v) is 4.85. The van der Waals surface area contributed by atoms with Crippen LogP contribution in [0.2, 0.25) is 0 Å². The summed E-state index contributed by atoms with van der Waals surface area (Å²) in [6, 6.07) is 0.774. The molecule has 2 atom stereocenters. The summed E-state index contributed by atoms with van der Waals surface area (Å²) in [6.45, 7) is 7.44. The van der Waals surface area contributed by atoms with Gasteiger partial charge in [-0.1, -0.05) is 12.8 Å². The zero-order valence-electron chi connectivity index (χ0n) is 8.42. The third-order valence-corrected chi connectivity index (χ3v) is 3.73. The fourth-order valence-electron chi connectivity index (χ4n) is 2.86. The van der Waals surface area contributed by atoms with Gasteiger partial charge in [0.15, 0.2) is 0 Å². The summed E-state index contributed by atoms with van der Waals surface area (Å²) in [5, 5.41) is 0. The first-order chi connectivity index (χ1) is 5.77. The monoisotopic (exact) mass is 167 g/mol. The lowest BCUT2D eigenvalue weighted by Crippen LogP contribution is -2.28. The van der Waals surface area contributed by atoms with Crippen LogP contribution >= 0.6 is 0 Å². The largest absolute Gasteiger partial charge is 0.300 e. The molecule has 1 heteroatoms. The predicted octanol–water partition coefficient (Wildman–Crippen LogP) is 2.52. The van der Waals surface area contributed by atoms with Crippen LogP contribution in [0.15, 0.2) is 0 Å². The number of fused-ring (bicyclic) bond motifs is 1. The minimum absolute atomic E-state index is 0.774. The molecule has 12 heavy (non-hydrogen) atoms. The molecule has 1 saturated heterocycles.